The third-order valence-electron chi connectivity index (χ3n) is 5.68. The first kappa shape index (κ1) is 24.7. The lowest BCUT2D eigenvalue weighted by Gasteiger charge is -2.20. The second kappa shape index (κ2) is 10.4. The van der Waals surface area contributed by atoms with Gasteiger partial charge in [-0.05, 0) is 42.8 Å². The molecule has 186 valence electrons. The molecule has 10 heteroatoms. The van der Waals surface area contributed by atoms with Crippen molar-refractivity contribution in [1.29, 1.82) is 0 Å². The summed E-state index contributed by atoms with van der Waals surface area (Å²) in [7, 11) is 2.77. The number of aliphatic hydroxyl groups is 1. The first-order valence-electron chi connectivity index (χ1n) is 11.0. The van der Waals surface area contributed by atoms with Gasteiger partial charge in [0.2, 0.25) is 0 Å². The zero-order valence-electron chi connectivity index (χ0n) is 19.9. The number of esters is 1. The Balaban J connectivity index is 1.77. The van der Waals surface area contributed by atoms with E-state index in [0.717, 1.165) is 11.4 Å². The second-order valence-corrected chi connectivity index (χ2v) is 8.03. The fourth-order valence-electron chi connectivity index (χ4n) is 3.87. The van der Waals surface area contributed by atoms with Gasteiger partial charge in [0.25, 0.3) is 5.56 Å². The SMILES string of the molecule is COC(=O)c1cc(Nc2ccc(-n3cnc(C)c3)c(OC)c2)c(=O)n([C@@H](CO)c2ccc(F)cc2)c1. The summed E-state index contributed by atoms with van der Waals surface area (Å²) in [6, 6.07) is 11.2. The van der Waals surface area contributed by atoms with Gasteiger partial charge in [0.05, 0.1) is 50.1 Å². The van der Waals surface area contributed by atoms with Crippen molar-refractivity contribution in [2.75, 3.05) is 26.1 Å². The Kier molecular flexibility index (Phi) is 7.16. The number of halogens is 1. The maximum Gasteiger partial charge on any atom is 0.339 e. The number of ether oxygens (including phenoxy) is 2. The number of hydrogen-bond donors (Lipinski definition) is 2. The van der Waals surface area contributed by atoms with Crippen molar-refractivity contribution >= 4 is 17.3 Å². The lowest BCUT2D eigenvalue weighted by atomic mass is 10.1. The highest BCUT2D eigenvalue weighted by atomic mass is 19.1. The van der Waals surface area contributed by atoms with E-state index in [0.29, 0.717) is 17.0 Å². The molecule has 0 aliphatic carbocycles. The van der Waals surface area contributed by atoms with Crippen LogP contribution in [0.4, 0.5) is 15.8 Å². The van der Waals surface area contributed by atoms with Gasteiger partial charge in [0.1, 0.15) is 17.3 Å². The highest BCUT2D eigenvalue weighted by Gasteiger charge is 2.20. The summed E-state index contributed by atoms with van der Waals surface area (Å²) in [5.41, 5.74) is 2.29. The Morgan fingerprint density at radius 1 is 1.14 bits per heavy atom. The molecule has 0 saturated carbocycles. The van der Waals surface area contributed by atoms with Crippen LogP contribution in [0, 0.1) is 12.7 Å². The van der Waals surface area contributed by atoms with Crippen LogP contribution in [-0.2, 0) is 4.74 Å². The van der Waals surface area contributed by atoms with Gasteiger partial charge in [-0.15, -0.1) is 0 Å². The fraction of sp³-hybridized carbons (Fsp3) is 0.192. The number of benzene rings is 2. The minimum atomic E-state index is -0.857. The van der Waals surface area contributed by atoms with Gasteiger partial charge < -0.3 is 29.0 Å². The number of methoxy groups -OCH3 is 2. The highest BCUT2D eigenvalue weighted by Crippen LogP contribution is 2.28. The van der Waals surface area contributed by atoms with E-state index < -0.39 is 30.0 Å². The van der Waals surface area contributed by atoms with Crippen molar-refractivity contribution in [3.8, 4) is 11.4 Å². The van der Waals surface area contributed by atoms with Gasteiger partial charge in [-0.2, -0.15) is 0 Å². The van der Waals surface area contributed by atoms with Crippen LogP contribution < -0.4 is 15.6 Å². The number of aromatic nitrogens is 3. The third-order valence-corrected chi connectivity index (χ3v) is 5.68. The fourth-order valence-corrected chi connectivity index (χ4v) is 3.87. The van der Waals surface area contributed by atoms with Crippen LogP contribution in [0.15, 0.2) is 72.0 Å². The molecule has 0 aliphatic heterocycles. The Hall–Kier alpha value is -4.44. The molecule has 0 amide bonds. The number of aryl methyl sites for hydroxylation is 1. The van der Waals surface area contributed by atoms with Crippen molar-refractivity contribution in [2.24, 2.45) is 0 Å². The summed E-state index contributed by atoms with van der Waals surface area (Å²) in [6.07, 6.45) is 4.84. The third kappa shape index (κ3) is 4.98. The molecule has 9 nitrogen and oxygen atoms in total. The lowest BCUT2D eigenvalue weighted by Crippen LogP contribution is -2.30. The van der Waals surface area contributed by atoms with Crippen molar-refractivity contribution in [1.82, 2.24) is 14.1 Å². The predicted octanol–water partition coefficient (Wildman–Crippen LogP) is 3.60. The van der Waals surface area contributed by atoms with Crippen LogP contribution >= 0.6 is 0 Å². The molecule has 0 unspecified atom stereocenters. The van der Waals surface area contributed by atoms with Crippen molar-refractivity contribution in [3.05, 3.63) is 100 Å². The van der Waals surface area contributed by atoms with Gasteiger partial charge in [0, 0.05) is 24.1 Å². The number of nitrogens with zero attached hydrogens (tertiary/aromatic N) is 3. The Morgan fingerprint density at radius 3 is 2.50 bits per heavy atom. The normalized spacial score (nSPS) is 11.7. The molecule has 0 saturated heterocycles. The molecule has 1 atom stereocenters. The summed E-state index contributed by atoms with van der Waals surface area (Å²) >= 11 is 0. The zero-order valence-corrected chi connectivity index (χ0v) is 19.9. The Labute approximate surface area is 206 Å². The number of hydrogen-bond acceptors (Lipinski definition) is 7. The largest absolute Gasteiger partial charge is 0.494 e. The molecular weight excluding hydrogens is 467 g/mol. The van der Waals surface area contributed by atoms with Gasteiger partial charge in [0.15, 0.2) is 0 Å². The van der Waals surface area contributed by atoms with Crippen LogP contribution in [0.3, 0.4) is 0 Å². The van der Waals surface area contributed by atoms with Crippen LogP contribution in [0.1, 0.15) is 27.7 Å². The molecule has 4 aromatic rings. The first-order valence-corrected chi connectivity index (χ1v) is 11.0. The summed E-state index contributed by atoms with van der Waals surface area (Å²) in [6.45, 7) is 1.42. The molecule has 0 bridgehead atoms. The lowest BCUT2D eigenvalue weighted by molar-refractivity contribution is 0.0599. The second-order valence-electron chi connectivity index (χ2n) is 8.03. The quantitative estimate of drug-likeness (QED) is 0.362. The van der Waals surface area contributed by atoms with Gasteiger partial charge >= 0.3 is 5.97 Å². The van der Waals surface area contributed by atoms with Crippen molar-refractivity contribution in [2.45, 2.75) is 13.0 Å². The Morgan fingerprint density at radius 2 is 1.89 bits per heavy atom. The standard InChI is InChI=1S/C26H25FN4O5/c1-16-12-30(15-28-16)22-9-8-20(11-24(22)35-2)29-21-10-18(26(34)36-3)13-31(25(21)33)23(14-32)17-4-6-19(27)7-5-17/h4-13,15,23,29,32H,14H2,1-3H3/t23-/m0/s1. The molecule has 36 heavy (non-hydrogen) atoms. The molecule has 4 rings (SSSR count). The molecule has 2 heterocycles. The van der Waals surface area contributed by atoms with Crippen molar-refractivity contribution in [3.63, 3.8) is 0 Å². The van der Waals surface area contributed by atoms with E-state index in [1.54, 1.807) is 24.5 Å². The van der Waals surface area contributed by atoms with Crippen LogP contribution in [0.25, 0.3) is 5.69 Å². The minimum absolute atomic E-state index is 0.0757. The number of rotatable bonds is 8. The van der Waals surface area contributed by atoms with E-state index in [9.17, 15) is 19.1 Å². The molecule has 0 aliphatic rings. The van der Waals surface area contributed by atoms with E-state index in [4.69, 9.17) is 9.47 Å². The number of pyridine rings is 1. The van der Waals surface area contributed by atoms with Gasteiger partial charge in [-0.3, -0.25) is 4.79 Å². The number of nitrogens with one attached hydrogen (secondary N) is 1. The predicted molar refractivity (Wildman–Crippen MR) is 132 cm³/mol. The summed E-state index contributed by atoms with van der Waals surface area (Å²) < 4.78 is 26.9. The maximum absolute atomic E-state index is 13.4. The average Bonchev–Trinajstić information content (AvgIpc) is 3.32. The van der Waals surface area contributed by atoms with Crippen LogP contribution in [0.2, 0.25) is 0 Å². The van der Waals surface area contributed by atoms with Crippen molar-refractivity contribution < 1.29 is 23.8 Å². The smallest absolute Gasteiger partial charge is 0.339 e. The van der Waals surface area contributed by atoms with E-state index in [1.165, 1.54) is 55.3 Å². The maximum atomic E-state index is 13.4. The van der Waals surface area contributed by atoms with E-state index >= 15 is 0 Å². The Bertz CT molecular complexity index is 1450. The molecule has 2 aromatic heterocycles. The molecule has 2 aromatic carbocycles. The summed E-state index contributed by atoms with van der Waals surface area (Å²) in [5, 5.41) is 13.1. The molecule has 0 spiro atoms. The number of carbonyl (C=O) groups excluding carboxylic acids is 1. The van der Waals surface area contributed by atoms with Gasteiger partial charge in [-0.1, -0.05) is 12.1 Å². The summed E-state index contributed by atoms with van der Waals surface area (Å²) in [5.74, 6) is -0.580. The molecule has 0 radical (unpaired) electrons. The number of imidazole rings is 1. The minimum Gasteiger partial charge on any atom is -0.494 e. The average molecular weight is 493 g/mol. The number of anilines is 2. The molecule has 0 fully saturated rings. The number of carbonyl (C=O) groups is 1. The monoisotopic (exact) mass is 492 g/mol. The summed E-state index contributed by atoms with van der Waals surface area (Å²) in [4.78, 5) is 30.0. The molecule has 2 N–H and O–H groups in total. The van der Waals surface area contributed by atoms with E-state index in [-0.39, 0.29) is 11.3 Å². The molecular formula is C26H25FN4O5. The topological polar surface area (TPSA) is 108 Å². The van der Waals surface area contributed by atoms with Gasteiger partial charge in [-0.25, -0.2) is 14.2 Å². The van der Waals surface area contributed by atoms with Crippen LogP contribution in [-0.4, -0.2) is 46.0 Å². The number of aliphatic hydroxyl groups excluding tert-OH is 1. The van der Waals surface area contributed by atoms with E-state index in [2.05, 4.69) is 10.3 Å². The van der Waals surface area contributed by atoms with Crippen LogP contribution in [0.5, 0.6) is 5.75 Å². The zero-order chi connectivity index (χ0) is 25.8. The first-order chi connectivity index (χ1) is 17.3. The highest BCUT2D eigenvalue weighted by molar-refractivity contribution is 5.90. The van der Waals surface area contributed by atoms with E-state index in [1.807, 2.05) is 17.7 Å².